The fourth-order valence-corrected chi connectivity index (χ4v) is 1.85. The van der Waals surface area contributed by atoms with Crippen molar-refractivity contribution in [1.29, 1.82) is 0 Å². The van der Waals surface area contributed by atoms with Crippen LogP contribution in [0.1, 0.15) is 26.7 Å². The van der Waals surface area contributed by atoms with Gasteiger partial charge in [-0.1, -0.05) is 12.7 Å². The number of ether oxygens (including phenoxy) is 3. The number of hydrogen-bond acceptors (Lipinski definition) is 5. The second-order valence-electron chi connectivity index (χ2n) is 4.47. The van der Waals surface area contributed by atoms with Gasteiger partial charge in [0.2, 0.25) is 0 Å². The number of rotatable bonds is 5. The Labute approximate surface area is 101 Å². The maximum absolute atomic E-state index is 11.4. The van der Waals surface area contributed by atoms with E-state index >= 15 is 0 Å². The average Bonchev–Trinajstić information content (AvgIpc) is 2.24. The van der Waals surface area contributed by atoms with Crippen LogP contribution in [0, 0.1) is 0 Å². The Hall–Kier alpha value is -0.910. The van der Waals surface area contributed by atoms with Crippen LogP contribution < -0.4 is 0 Å². The van der Waals surface area contributed by atoms with Crippen molar-refractivity contribution in [3.63, 3.8) is 0 Å². The molecule has 1 aliphatic rings. The zero-order chi connectivity index (χ0) is 12.9. The van der Waals surface area contributed by atoms with Crippen molar-refractivity contribution < 1.29 is 24.1 Å². The van der Waals surface area contributed by atoms with E-state index in [2.05, 4.69) is 6.58 Å². The van der Waals surface area contributed by atoms with Gasteiger partial charge in [0.25, 0.3) is 0 Å². The lowest BCUT2D eigenvalue weighted by molar-refractivity contribution is -0.303. The molecule has 0 spiro atoms. The van der Waals surface area contributed by atoms with Crippen molar-refractivity contribution in [2.75, 3.05) is 13.2 Å². The molecular formula is C12H20O5. The van der Waals surface area contributed by atoms with Gasteiger partial charge >= 0.3 is 5.97 Å². The van der Waals surface area contributed by atoms with Crippen LogP contribution in [0.5, 0.6) is 0 Å². The van der Waals surface area contributed by atoms with Crippen molar-refractivity contribution in [1.82, 2.24) is 0 Å². The van der Waals surface area contributed by atoms with Gasteiger partial charge in [-0.2, -0.15) is 0 Å². The van der Waals surface area contributed by atoms with Gasteiger partial charge in [-0.25, -0.2) is 0 Å². The molecule has 1 saturated heterocycles. The van der Waals surface area contributed by atoms with Crippen molar-refractivity contribution in [2.24, 2.45) is 0 Å². The summed E-state index contributed by atoms with van der Waals surface area (Å²) in [6.45, 7) is 7.11. The SMILES string of the molecule is C=CCOC(=O)C[C@H]1C[C@@H](CO)OC(C)(C)O1. The van der Waals surface area contributed by atoms with E-state index in [1.54, 1.807) is 13.8 Å². The molecule has 2 atom stereocenters. The van der Waals surface area contributed by atoms with Gasteiger partial charge < -0.3 is 19.3 Å². The number of carbonyl (C=O) groups is 1. The molecule has 0 aromatic carbocycles. The normalized spacial score (nSPS) is 27.5. The van der Waals surface area contributed by atoms with Crippen LogP contribution in [0.2, 0.25) is 0 Å². The fourth-order valence-electron chi connectivity index (χ4n) is 1.85. The molecule has 1 aliphatic heterocycles. The highest BCUT2D eigenvalue weighted by Gasteiger charge is 2.36. The summed E-state index contributed by atoms with van der Waals surface area (Å²) in [6, 6.07) is 0. The lowest BCUT2D eigenvalue weighted by atomic mass is 10.1. The molecule has 0 aliphatic carbocycles. The van der Waals surface area contributed by atoms with Gasteiger partial charge in [0.05, 0.1) is 25.2 Å². The maximum atomic E-state index is 11.4. The summed E-state index contributed by atoms with van der Waals surface area (Å²) < 4.78 is 16.0. The molecule has 0 saturated carbocycles. The first-order valence-corrected chi connectivity index (χ1v) is 5.70. The molecule has 0 radical (unpaired) electrons. The summed E-state index contributed by atoms with van der Waals surface area (Å²) in [6.07, 6.45) is 1.59. The Morgan fingerprint density at radius 1 is 1.53 bits per heavy atom. The minimum Gasteiger partial charge on any atom is -0.461 e. The van der Waals surface area contributed by atoms with Crippen LogP contribution in [0.15, 0.2) is 12.7 Å². The van der Waals surface area contributed by atoms with Crippen molar-refractivity contribution >= 4 is 5.97 Å². The molecule has 5 nitrogen and oxygen atoms in total. The molecule has 1 N–H and O–H groups in total. The van der Waals surface area contributed by atoms with E-state index in [9.17, 15) is 4.79 Å². The van der Waals surface area contributed by atoms with Gasteiger partial charge in [0, 0.05) is 6.42 Å². The minimum absolute atomic E-state index is 0.0784. The van der Waals surface area contributed by atoms with E-state index in [4.69, 9.17) is 19.3 Å². The average molecular weight is 244 g/mol. The lowest BCUT2D eigenvalue weighted by Crippen LogP contribution is -2.46. The third kappa shape index (κ3) is 4.85. The second-order valence-corrected chi connectivity index (χ2v) is 4.47. The van der Waals surface area contributed by atoms with E-state index in [-0.39, 0.29) is 37.8 Å². The standard InChI is InChI=1S/C12H20O5/c1-4-5-15-11(14)7-9-6-10(8-13)17-12(2,3)16-9/h4,9-10,13H,1,5-8H2,2-3H3/t9-,10+/m1/s1. The Morgan fingerprint density at radius 2 is 2.18 bits per heavy atom. The first kappa shape index (κ1) is 14.2. The van der Waals surface area contributed by atoms with Crippen LogP contribution in [-0.2, 0) is 19.0 Å². The van der Waals surface area contributed by atoms with Gasteiger partial charge in [-0.3, -0.25) is 4.79 Å². The fraction of sp³-hybridized carbons (Fsp3) is 0.750. The highest BCUT2D eigenvalue weighted by atomic mass is 16.7. The molecule has 0 aromatic heterocycles. The Balaban J connectivity index is 2.46. The number of aliphatic hydroxyl groups excluding tert-OH is 1. The van der Waals surface area contributed by atoms with Crippen LogP contribution in [0.25, 0.3) is 0 Å². The summed E-state index contributed by atoms with van der Waals surface area (Å²) >= 11 is 0. The Kier molecular flexibility index (Phi) is 5.11. The number of carbonyl (C=O) groups excluding carboxylic acids is 1. The van der Waals surface area contributed by atoms with Crippen LogP contribution in [0.4, 0.5) is 0 Å². The lowest BCUT2D eigenvalue weighted by Gasteiger charge is -2.39. The molecule has 0 amide bonds. The molecule has 1 rings (SSSR count). The first-order valence-electron chi connectivity index (χ1n) is 5.70. The predicted octanol–water partition coefficient (Wildman–Crippen LogP) is 1.01. The molecule has 1 fully saturated rings. The van der Waals surface area contributed by atoms with Crippen molar-refractivity contribution in [3.8, 4) is 0 Å². The van der Waals surface area contributed by atoms with E-state index in [0.29, 0.717) is 6.42 Å². The third-order valence-corrected chi connectivity index (χ3v) is 2.39. The third-order valence-electron chi connectivity index (χ3n) is 2.39. The molecule has 17 heavy (non-hydrogen) atoms. The minimum atomic E-state index is -0.783. The van der Waals surface area contributed by atoms with Crippen molar-refractivity contribution in [3.05, 3.63) is 12.7 Å². The van der Waals surface area contributed by atoms with E-state index in [1.165, 1.54) is 6.08 Å². The summed E-state index contributed by atoms with van der Waals surface area (Å²) in [5.41, 5.74) is 0. The smallest absolute Gasteiger partial charge is 0.308 e. The van der Waals surface area contributed by atoms with E-state index < -0.39 is 5.79 Å². The zero-order valence-corrected chi connectivity index (χ0v) is 10.3. The van der Waals surface area contributed by atoms with Crippen LogP contribution in [-0.4, -0.2) is 42.3 Å². The zero-order valence-electron chi connectivity index (χ0n) is 10.3. The van der Waals surface area contributed by atoms with Gasteiger partial charge in [-0.05, 0) is 13.8 Å². The first-order chi connectivity index (χ1) is 7.96. The Bertz CT molecular complexity index is 274. The summed E-state index contributed by atoms with van der Waals surface area (Å²) in [5.74, 6) is -1.11. The largest absolute Gasteiger partial charge is 0.461 e. The molecular weight excluding hydrogens is 224 g/mol. The van der Waals surface area contributed by atoms with Gasteiger partial charge in [-0.15, -0.1) is 0 Å². The van der Waals surface area contributed by atoms with E-state index in [1.807, 2.05) is 0 Å². The second kappa shape index (κ2) is 6.14. The number of aliphatic hydroxyl groups is 1. The molecule has 1 heterocycles. The molecule has 0 aromatic rings. The van der Waals surface area contributed by atoms with Crippen LogP contribution >= 0.6 is 0 Å². The van der Waals surface area contributed by atoms with Crippen molar-refractivity contribution in [2.45, 2.75) is 44.7 Å². The predicted molar refractivity (Wildman–Crippen MR) is 61.3 cm³/mol. The molecule has 0 unspecified atom stereocenters. The van der Waals surface area contributed by atoms with Crippen LogP contribution in [0.3, 0.4) is 0 Å². The highest BCUT2D eigenvalue weighted by molar-refractivity contribution is 5.70. The Morgan fingerprint density at radius 3 is 2.76 bits per heavy atom. The topological polar surface area (TPSA) is 65.0 Å². The van der Waals surface area contributed by atoms with E-state index in [0.717, 1.165) is 0 Å². The summed E-state index contributed by atoms with van der Waals surface area (Å²) in [7, 11) is 0. The van der Waals surface area contributed by atoms with Gasteiger partial charge in [0.1, 0.15) is 6.61 Å². The molecule has 0 bridgehead atoms. The monoisotopic (exact) mass is 244 g/mol. The summed E-state index contributed by atoms with van der Waals surface area (Å²) in [5, 5.41) is 9.11. The van der Waals surface area contributed by atoms with Gasteiger partial charge in [0.15, 0.2) is 5.79 Å². The molecule has 98 valence electrons. The molecule has 5 heteroatoms. The highest BCUT2D eigenvalue weighted by Crippen LogP contribution is 2.28. The summed E-state index contributed by atoms with van der Waals surface area (Å²) in [4.78, 5) is 11.4. The number of esters is 1. The quantitative estimate of drug-likeness (QED) is 0.577. The number of hydrogen-bond donors (Lipinski definition) is 1. The maximum Gasteiger partial charge on any atom is 0.308 e.